The molecule has 0 saturated carbocycles. The van der Waals surface area contributed by atoms with Crippen molar-refractivity contribution < 1.29 is 18.5 Å². The van der Waals surface area contributed by atoms with Crippen LogP contribution in [0.3, 0.4) is 0 Å². The van der Waals surface area contributed by atoms with Crippen molar-refractivity contribution in [1.29, 1.82) is 0 Å². The summed E-state index contributed by atoms with van der Waals surface area (Å²) in [4.78, 5) is 16.4. The van der Waals surface area contributed by atoms with Gasteiger partial charge in [-0.2, -0.15) is 4.98 Å². The predicted molar refractivity (Wildman–Crippen MR) is 106 cm³/mol. The van der Waals surface area contributed by atoms with Crippen molar-refractivity contribution in [3.05, 3.63) is 78.3 Å². The molecule has 0 aliphatic rings. The van der Waals surface area contributed by atoms with Crippen molar-refractivity contribution in [2.24, 2.45) is 0 Å². The number of rotatable bonds is 7. The van der Waals surface area contributed by atoms with Crippen LogP contribution in [0, 0.1) is 6.92 Å². The Labute approximate surface area is 167 Å². The summed E-state index contributed by atoms with van der Waals surface area (Å²) in [5.41, 5.74) is 2.76. The molecule has 29 heavy (non-hydrogen) atoms. The molecule has 0 aliphatic carbocycles. The van der Waals surface area contributed by atoms with E-state index in [9.17, 15) is 4.79 Å². The molecule has 0 saturated heterocycles. The Balaban J connectivity index is 1.38. The fourth-order valence-electron chi connectivity index (χ4n) is 2.68. The fourth-order valence-corrected chi connectivity index (χ4v) is 2.68. The molecular weight excluding hydrogens is 370 g/mol. The molecule has 0 aliphatic heterocycles. The Kier molecular flexibility index (Phi) is 5.38. The molecule has 1 amide bonds. The lowest BCUT2D eigenvalue weighted by molar-refractivity contribution is -0.123. The van der Waals surface area contributed by atoms with E-state index >= 15 is 0 Å². The largest absolute Gasteiger partial charge is 0.484 e. The van der Waals surface area contributed by atoms with Crippen LogP contribution in [0.2, 0.25) is 0 Å². The molecular formula is C22H19N3O4. The van der Waals surface area contributed by atoms with E-state index < -0.39 is 0 Å². The van der Waals surface area contributed by atoms with Crippen molar-refractivity contribution in [3.63, 3.8) is 0 Å². The van der Waals surface area contributed by atoms with Gasteiger partial charge in [-0.15, -0.1) is 0 Å². The normalized spacial score (nSPS) is 10.7. The highest BCUT2D eigenvalue weighted by Crippen LogP contribution is 2.25. The average Bonchev–Trinajstić information content (AvgIpc) is 3.44. The van der Waals surface area contributed by atoms with Gasteiger partial charge < -0.3 is 19.0 Å². The SMILES string of the molecule is Cc1ccc(-c2noc(-c3cccc(OCC(=O)NCc4ccco4)c3)n2)cc1. The molecule has 2 heterocycles. The van der Waals surface area contributed by atoms with Crippen molar-refractivity contribution in [2.45, 2.75) is 13.5 Å². The van der Waals surface area contributed by atoms with Crippen LogP contribution in [-0.4, -0.2) is 22.7 Å². The molecule has 2 aromatic carbocycles. The highest BCUT2D eigenvalue weighted by atomic mass is 16.5. The van der Waals surface area contributed by atoms with Crippen molar-refractivity contribution in [3.8, 4) is 28.6 Å². The summed E-state index contributed by atoms with van der Waals surface area (Å²) in [5, 5.41) is 6.77. The van der Waals surface area contributed by atoms with Gasteiger partial charge >= 0.3 is 0 Å². The van der Waals surface area contributed by atoms with E-state index in [-0.39, 0.29) is 12.5 Å². The third kappa shape index (κ3) is 4.70. The maximum absolute atomic E-state index is 11.9. The van der Waals surface area contributed by atoms with E-state index in [0.29, 0.717) is 35.3 Å². The van der Waals surface area contributed by atoms with Crippen LogP contribution in [-0.2, 0) is 11.3 Å². The zero-order valence-corrected chi connectivity index (χ0v) is 15.8. The highest BCUT2D eigenvalue weighted by molar-refractivity contribution is 5.77. The van der Waals surface area contributed by atoms with E-state index in [0.717, 1.165) is 11.1 Å². The smallest absolute Gasteiger partial charge is 0.258 e. The third-order valence-corrected chi connectivity index (χ3v) is 4.23. The summed E-state index contributed by atoms with van der Waals surface area (Å²) in [6.07, 6.45) is 1.56. The highest BCUT2D eigenvalue weighted by Gasteiger charge is 2.12. The third-order valence-electron chi connectivity index (χ3n) is 4.23. The van der Waals surface area contributed by atoms with Crippen LogP contribution in [0.1, 0.15) is 11.3 Å². The average molecular weight is 389 g/mol. The first kappa shape index (κ1) is 18.5. The van der Waals surface area contributed by atoms with Gasteiger partial charge in [-0.3, -0.25) is 4.79 Å². The van der Waals surface area contributed by atoms with Crippen LogP contribution in [0.5, 0.6) is 5.75 Å². The number of benzene rings is 2. The molecule has 4 aromatic rings. The summed E-state index contributed by atoms with van der Waals surface area (Å²) in [6.45, 7) is 2.23. The fraction of sp³-hybridized carbons (Fsp3) is 0.136. The van der Waals surface area contributed by atoms with Gasteiger partial charge in [0.15, 0.2) is 6.61 Å². The molecule has 7 nitrogen and oxygen atoms in total. The Morgan fingerprint density at radius 2 is 1.93 bits per heavy atom. The number of nitrogens with one attached hydrogen (secondary N) is 1. The minimum absolute atomic E-state index is 0.109. The minimum Gasteiger partial charge on any atom is -0.484 e. The number of carbonyl (C=O) groups excluding carboxylic acids is 1. The molecule has 0 unspecified atom stereocenters. The number of carbonyl (C=O) groups is 1. The summed E-state index contributed by atoms with van der Waals surface area (Å²) in [6, 6.07) is 18.6. The number of hydrogen-bond donors (Lipinski definition) is 1. The quantitative estimate of drug-likeness (QED) is 0.514. The summed E-state index contributed by atoms with van der Waals surface area (Å²) in [5.74, 6) is 1.87. The number of ether oxygens (including phenoxy) is 1. The Morgan fingerprint density at radius 1 is 1.07 bits per heavy atom. The Hall–Kier alpha value is -3.87. The first-order valence-electron chi connectivity index (χ1n) is 9.10. The molecule has 0 bridgehead atoms. The summed E-state index contributed by atoms with van der Waals surface area (Å²) >= 11 is 0. The van der Waals surface area contributed by atoms with Crippen molar-refractivity contribution in [1.82, 2.24) is 15.5 Å². The molecule has 4 rings (SSSR count). The second kappa shape index (κ2) is 8.43. The van der Waals surface area contributed by atoms with Gasteiger partial charge in [0.25, 0.3) is 11.8 Å². The number of aryl methyl sites for hydroxylation is 1. The molecule has 1 N–H and O–H groups in total. The zero-order chi connectivity index (χ0) is 20.1. The zero-order valence-electron chi connectivity index (χ0n) is 15.8. The van der Waals surface area contributed by atoms with Gasteiger partial charge in [0.2, 0.25) is 5.82 Å². The minimum atomic E-state index is -0.244. The topological polar surface area (TPSA) is 90.4 Å². The van der Waals surface area contributed by atoms with Gasteiger partial charge in [0.1, 0.15) is 11.5 Å². The van der Waals surface area contributed by atoms with E-state index in [2.05, 4.69) is 15.5 Å². The van der Waals surface area contributed by atoms with Crippen LogP contribution >= 0.6 is 0 Å². The number of amides is 1. The Morgan fingerprint density at radius 3 is 2.72 bits per heavy atom. The van der Waals surface area contributed by atoms with Gasteiger partial charge in [-0.1, -0.05) is 41.1 Å². The number of nitrogens with zero attached hydrogens (tertiary/aromatic N) is 2. The first-order valence-corrected chi connectivity index (χ1v) is 9.10. The summed E-state index contributed by atoms with van der Waals surface area (Å²) in [7, 11) is 0. The number of furan rings is 1. The predicted octanol–water partition coefficient (Wildman–Crippen LogP) is 4.00. The second-order valence-electron chi connectivity index (χ2n) is 6.46. The van der Waals surface area contributed by atoms with Gasteiger partial charge in [-0.25, -0.2) is 0 Å². The van der Waals surface area contributed by atoms with Crippen LogP contribution < -0.4 is 10.1 Å². The van der Waals surface area contributed by atoms with Crippen LogP contribution in [0.4, 0.5) is 0 Å². The lowest BCUT2D eigenvalue weighted by Gasteiger charge is -2.07. The Bertz CT molecular complexity index is 1090. The monoisotopic (exact) mass is 389 g/mol. The lowest BCUT2D eigenvalue weighted by atomic mass is 10.1. The van der Waals surface area contributed by atoms with Crippen molar-refractivity contribution >= 4 is 5.91 Å². The molecule has 2 aromatic heterocycles. The van der Waals surface area contributed by atoms with Crippen molar-refractivity contribution in [2.75, 3.05) is 6.61 Å². The van der Waals surface area contributed by atoms with E-state index in [1.165, 1.54) is 0 Å². The molecule has 0 atom stereocenters. The maximum atomic E-state index is 11.9. The van der Waals surface area contributed by atoms with Gasteiger partial charge in [0.05, 0.1) is 12.8 Å². The van der Waals surface area contributed by atoms with Gasteiger partial charge in [0, 0.05) is 11.1 Å². The van der Waals surface area contributed by atoms with E-state index in [1.807, 2.05) is 37.3 Å². The van der Waals surface area contributed by atoms with Crippen LogP contribution in [0.15, 0.2) is 75.9 Å². The molecule has 146 valence electrons. The molecule has 7 heteroatoms. The van der Waals surface area contributed by atoms with E-state index in [4.69, 9.17) is 13.7 Å². The summed E-state index contributed by atoms with van der Waals surface area (Å²) < 4.78 is 16.1. The standard InChI is InChI=1S/C22H19N3O4/c1-15-7-9-16(10-8-15)21-24-22(29-25-21)17-4-2-5-18(12-17)28-14-20(26)23-13-19-6-3-11-27-19/h2-12H,13-14H2,1H3,(H,23,26). The number of aromatic nitrogens is 2. The van der Waals surface area contributed by atoms with Crippen LogP contribution in [0.25, 0.3) is 22.8 Å². The maximum Gasteiger partial charge on any atom is 0.258 e. The molecule has 0 spiro atoms. The number of hydrogen-bond acceptors (Lipinski definition) is 6. The first-order chi connectivity index (χ1) is 14.2. The lowest BCUT2D eigenvalue weighted by Crippen LogP contribution is -2.28. The van der Waals surface area contributed by atoms with Gasteiger partial charge in [-0.05, 0) is 37.3 Å². The molecule has 0 fully saturated rings. The second-order valence-corrected chi connectivity index (χ2v) is 6.46. The van der Waals surface area contributed by atoms with E-state index in [1.54, 1.807) is 36.6 Å². The molecule has 0 radical (unpaired) electrons.